The summed E-state index contributed by atoms with van der Waals surface area (Å²) in [5.74, 6) is -0.273. The number of Topliss-reactive ketones (excluding diaryl/α,β-unsaturated/α-hetero) is 1. The molecule has 15 heavy (non-hydrogen) atoms. The van der Waals surface area contributed by atoms with Crippen LogP contribution >= 0.6 is 11.6 Å². The highest BCUT2D eigenvalue weighted by Crippen LogP contribution is 2.29. The highest BCUT2D eigenvalue weighted by atomic mass is 35.5. The first-order chi connectivity index (χ1) is 7.16. The molecule has 0 saturated carbocycles. The second-order valence-electron chi connectivity index (χ2n) is 3.52. The topological polar surface area (TPSA) is 26.3 Å². The highest BCUT2D eigenvalue weighted by Gasteiger charge is 2.24. The van der Waals surface area contributed by atoms with Crippen LogP contribution < -0.4 is 0 Å². The standard InChI is InChI=1S/C11H10ClFO2/c12-7-1-2-10(13)9(5-7)11-6-8(14)3-4-15-11/h1-2,5,11H,3-4,6H2. The van der Waals surface area contributed by atoms with E-state index in [1.165, 1.54) is 18.2 Å². The van der Waals surface area contributed by atoms with Gasteiger partial charge in [0.05, 0.1) is 12.7 Å². The van der Waals surface area contributed by atoms with Gasteiger partial charge < -0.3 is 4.74 Å². The monoisotopic (exact) mass is 228 g/mol. The Labute approximate surface area is 92.0 Å². The fraction of sp³-hybridized carbons (Fsp3) is 0.364. The van der Waals surface area contributed by atoms with Crippen molar-refractivity contribution in [2.45, 2.75) is 18.9 Å². The molecular weight excluding hydrogens is 219 g/mol. The molecule has 1 aromatic rings. The normalized spacial score (nSPS) is 21.7. The first-order valence-electron chi connectivity index (χ1n) is 4.75. The van der Waals surface area contributed by atoms with Crippen LogP contribution in [0.1, 0.15) is 24.5 Å². The Morgan fingerprint density at radius 3 is 3.00 bits per heavy atom. The van der Waals surface area contributed by atoms with Crippen LogP contribution in [0.15, 0.2) is 18.2 Å². The summed E-state index contributed by atoms with van der Waals surface area (Å²) in [5, 5.41) is 0.452. The van der Waals surface area contributed by atoms with Crippen LogP contribution in [0.25, 0.3) is 0 Å². The second kappa shape index (κ2) is 4.29. The van der Waals surface area contributed by atoms with Gasteiger partial charge in [-0.2, -0.15) is 0 Å². The largest absolute Gasteiger partial charge is 0.372 e. The summed E-state index contributed by atoms with van der Waals surface area (Å²) in [6, 6.07) is 4.28. The number of carbonyl (C=O) groups excluding carboxylic acids is 1. The summed E-state index contributed by atoms with van der Waals surface area (Å²) in [5.41, 5.74) is 0.371. The van der Waals surface area contributed by atoms with Crippen LogP contribution in [0.5, 0.6) is 0 Å². The lowest BCUT2D eigenvalue weighted by molar-refractivity contribution is -0.128. The van der Waals surface area contributed by atoms with Gasteiger partial charge in [-0.1, -0.05) is 11.6 Å². The van der Waals surface area contributed by atoms with Crippen LogP contribution in [0.3, 0.4) is 0 Å². The molecule has 0 amide bonds. The Hall–Kier alpha value is -0.930. The summed E-state index contributed by atoms with van der Waals surface area (Å²) in [6.07, 6.45) is 0.167. The van der Waals surface area contributed by atoms with Gasteiger partial charge in [-0.15, -0.1) is 0 Å². The van der Waals surface area contributed by atoms with Gasteiger partial charge in [0.1, 0.15) is 11.6 Å². The van der Waals surface area contributed by atoms with Gasteiger partial charge >= 0.3 is 0 Å². The summed E-state index contributed by atoms with van der Waals surface area (Å²) in [6.45, 7) is 0.357. The highest BCUT2D eigenvalue weighted by molar-refractivity contribution is 6.30. The van der Waals surface area contributed by atoms with Gasteiger partial charge in [0.15, 0.2) is 0 Å². The zero-order valence-electron chi connectivity index (χ0n) is 8.00. The van der Waals surface area contributed by atoms with Crippen molar-refractivity contribution < 1.29 is 13.9 Å². The fourth-order valence-corrected chi connectivity index (χ4v) is 1.82. The molecule has 0 radical (unpaired) electrons. The predicted octanol–water partition coefficient (Wildman–Crippen LogP) is 2.90. The molecule has 80 valence electrons. The number of ketones is 1. The van der Waals surface area contributed by atoms with E-state index in [0.717, 1.165) is 0 Å². The molecule has 0 aliphatic carbocycles. The SMILES string of the molecule is O=C1CCOC(c2cc(Cl)ccc2F)C1. The number of rotatable bonds is 1. The molecular formula is C11H10ClFO2. The van der Waals surface area contributed by atoms with Gasteiger partial charge in [-0.3, -0.25) is 4.79 Å². The van der Waals surface area contributed by atoms with E-state index in [-0.39, 0.29) is 18.0 Å². The smallest absolute Gasteiger partial charge is 0.138 e. The molecule has 1 aliphatic heterocycles. The van der Waals surface area contributed by atoms with E-state index < -0.39 is 6.10 Å². The molecule has 2 rings (SSSR count). The van der Waals surface area contributed by atoms with Crippen molar-refractivity contribution in [1.29, 1.82) is 0 Å². The minimum atomic E-state index is -0.482. The van der Waals surface area contributed by atoms with Gasteiger partial charge in [-0.05, 0) is 18.2 Å². The Balaban J connectivity index is 2.27. The second-order valence-corrected chi connectivity index (χ2v) is 3.95. The van der Waals surface area contributed by atoms with Crippen molar-refractivity contribution in [3.63, 3.8) is 0 Å². The van der Waals surface area contributed by atoms with Crippen LogP contribution in [-0.4, -0.2) is 12.4 Å². The van der Waals surface area contributed by atoms with Crippen LogP contribution in [0.4, 0.5) is 4.39 Å². The van der Waals surface area contributed by atoms with E-state index in [1.54, 1.807) is 0 Å². The number of hydrogen-bond donors (Lipinski definition) is 0. The Kier molecular flexibility index (Phi) is 3.03. The van der Waals surface area contributed by atoms with Crippen molar-refractivity contribution in [3.05, 3.63) is 34.6 Å². The molecule has 1 atom stereocenters. The van der Waals surface area contributed by atoms with Crippen molar-refractivity contribution in [2.75, 3.05) is 6.61 Å². The van der Waals surface area contributed by atoms with E-state index in [2.05, 4.69) is 0 Å². The summed E-state index contributed by atoms with van der Waals surface area (Å²) in [7, 11) is 0. The van der Waals surface area contributed by atoms with E-state index >= 15 is 0 Å². The van der Waals surface area contributed by atoms with Gasteiger partial charge in [0.2, 0.25) is 0 Å². The summed E-state index contributed by atoms with van der Waals surface area (Å²) < 4.78 is 18.8. The third-order valence-electron chi connectivity index (χ3n) is 2.42. The van der Waals surface area contributed by atoms with Crippen LogP contribution in [0, 0.1) is 5.82 Å². The van der Waals surface area contributed by atoms with Gasteiger partial charge in [-0.25, -0.2) is 4.39 Å². The number of carbonyl (C=O) groups is 1. The van der Waals surface area contributed by atoms with Crippen molar-refractivity contribution >= 4 is 17.4 Å². The van der Waals surface area contributed by atoms with Crippen molar-refractivity contribution in [1.82, 2.24) is 0 Å². The average Bonchev–Trinajstić information content (AvgIpc) is 2.22. The molecule has 1 aromatic carbocycles. The number of halogens is 2. The fourth-order valence-electron chi connectivity index (χ4n) is 1.64. The van der Waals surface area contributed by atoms with E-state index in [9.17, 15) is 9.18 Å². The zero-order valence-corrected chi connectivity index (χ0v) is 8.76. The average molecular weight is 229 g/mol. The zero-order chi connectivity index (χ0) is 10.8. The quantitative estimate of drug-likeness (QED) is 0.739. The lowest BCUT2D eigenvalue weighted by atomic mass is 10.0. The third-order valence-corrected chi connectivity index (χ3v) is 2.65. The van der Waals surface area contributed by atoms with Crippen LogP contribution in [-0.2, 0) is 9.53 Å². The maximum atomic E-state index is 13.4. The van der Waals surface area contributed by atoms with Gasteiger partial charge in [0.25, 0.3) is 0 Å². The number of benzene rings is 1. The Morgan fingerprint density at radius 2 is 2.27 bits per heavy atom. The van der Waals surface area contributed by atoms with Crippen LogP contribution in [0.2, 0.25) is 5.02 Å². The molecule has 2 nitrogen and oxygen atoms in total. The molecule has 1 heterocycles. The predicted molar refractivity (Wildman–Crippen MR) is 54.3 cm³/mol. The molecule has 1 saturated heterocycles. The van der Waals surface area contributed by atoms with Crippen molar-refractivity contribution in [3.8, 4) is 0 Å². The molecule has 4 heteroatoms. The third kappa shape index (κ3) is 2.36. The minimum Gasteiger partial charge on any atom is -0.372 e. The molecule has 1 aliphatic rings. The first kappa shape index (κ1) is 10.6. The molecule has 1 unspecified atom stereocenters. The summed E-state index contributed by atoms with van der Waals surface area (Å²) in [4.78, 5) is 11.2. The maximum Gasteiger partial charge on any atom is 0.138 e. The lowest BCUT2D eigenvalue weighted by Gasteiger charge is -2.22. The molecule has 1 fully saturated rings. The number of ether oxygens (including phenoxy) is 1. The van der Waals surface area contributed by atoms with E-state index in [0.29, 0.717) is 23.6 Å². The molecule has 0 bridgehead atoms. The molecule has 0 aromatic heterocycles. The first-order valence-corrected chi connectivity index (χ1v) is 5.13. The number of hydrogen-bond acceptors (Lipinski definition) is 2. The summed E-state index contributed by atoms with van der Waals surface area (Å²) >= 11 is 5.77. The molecule has 0 spiro atoms. The molecule has 0 N–H and O–H groups in total. The Bertz CT molecular complexity index is 392. The lowest BCUT2D eigenvalue weighted by Crippen LogP contribution is -2.20. The van der Waals surface area contributed by atoms with Gasteiger partial charge in [0, 0.05) is 23.4 Å². The minimum absolute atomic E-state index is 0.102. The van der Waals surface area contributed by atoms with E-state index in [4.69, 9.17) is 16.3 Å². The maximum absolute atomic E-state index is 13.4. The van der Waals surface area contributed by atoms with E-state index in [1.807, 2.05) is 0 Å². The Morgan fingerprint density at radius 1 is 1.47 bits per heavy atom. The van der Waals surface area contributed by atoms with Crippen molar-refractivity contribution in [2.24, 2.45) is 0 Å².